The van der Waals surface area contributed by atoms with Gasteiger partial charge in [-0.05, 0) is 37.1 Å². The fraction of sp³-hybridized carbons (Fsp3) is 0.294. The number of anilines is 1. The van der Waals surface area contributed by atoms with Crippen LogP contribution in [-0.4, -0.2) is 58.6 Å². The Hall–Kier alpha value is -5.00. The number of carbonyl (C=O) groups is 3. The van der Waals surface area contributed by atoms with Crippen molar-refractivity contribution in [2.24, 2.45) is 5.73 Å². The van der Waals surface area contributed by atoms with Gasteiger partial charge in [-0.25, -0.2) is 4.98 Å². The van der Waals surface area contributed by atoms with Gasteiger partial charge in [0.15, 0.2) is 5.82 Å². The predicted octanol–water partition coefficient (Wildman–Crippen LogP) is 3.68. The quantitative estimate of drug-likeness (QED) is 0.149. The summed E-state index contributed by atoms with van der Waals surface area (Å²) in [5.41, 5.74) is 6.40. The van der Waals surface area contributed by atoms with Gasteiger partial charge in [0.2, 0.25) is 11.8 Å². The van der Waals surface area contributed by atoms with Gasteiger partial charge in [-0.15, -0.1) is 0 Å². The number of para-hydroxylation sites is 1. The summed E-state index contributed by atoms with van der Waals surface area (Å²) in [6.07, 6.45) is 3.03. The van der Waals surface area contributed by atoms with Crippen molar-refractivity contribution in [2.75, 3.05) is 25.1 Å². The third-order valence-corrected chi connectivity index (χ3v) is 6.53. The molecule has 5 N–H and O–H groups in total. The van der Waals surface area contributed by atoms with Gasteiger partial charge in [-0.3, -0.25) is 14.4 Å². The maximum absolute atomic E-state index is 13.4. The minimum absolute atomic E-state index is 0. The number of carbonyl (C=O) groups excluding carboxylic acids is 3. The van der Waals surface area contributed by atoms with Crippen LogP contribution in [0.15, 0.2) is 104 Å². The molecule has 0 saturated heterocycles. The molecule has 3 aromatic carbocycles. The van der Waals surface area contributed by atoms with E-state index < -0.39 is 29.4 Å². The number of nitrogens with one attached hydrogen (secondary N) is 3. The molecule has 1 heterocycles. The molecule has 2 atom stereocenters. The first kappa shape index (κ1) is 34.5. The highest BCUT2D eigenvalue weighted by Gasteiger charge is 2.29. The van der Waals surface area contributed by atoms with E-state index in [-0.39, 0.29) is 38.9 Å². The monoisotopic (exact) mass is 614 g/mol. The zero-order valence-electron chi connectivity index (χ0n) is 24.8. The summed E-state index contributed by atoms with van der Waals surface area (Å²) in [7, 11) is 0. The first-order chi connectivity index (χ1) is 21.2. The highest BCUT2D eigenvalue weighted by molar-refractivity contribution is 5.98. The van der Waals surface area contributed by atoms with Crippen LogP contribution >= 0.6 is 0 Å². The molecule has 1 aromatic heterocycles. The van der Waals surface area contributed by atoms with Crippen molar-refractivity contribution in [3.63, 3.8) is 0 Å². The fourth-order valence-electron chi connectivity index (χ4n) is 4.20. The number of aromatic nitrogens is 2. The minimum Gasteiger partial charge on any atom is -0.492 e. The second kappa shape index (κ2) is 16.7. The lowest BCUT2D eigenvalue weighted by molar-refractivity contribution is -0.130. The third kappa shape index (κ3) is 10.6. The summed E-state index contributed by atoms with van der Waals surface area (Å²) >= 11 is 0. The number of ether oxygens (including phenoxy) is 2. The Balaban J connectivity index is 0.00000552. The molecule has 11 nitrogen and oxygen atoms in total. The van der Waals surface area contributed by atoms with Crippen LogP contribution in [0.5, 0.6) is 5.75 Å². The number of hydrogen-bond donors (Lipinski definition) is 4. The zero-order valence-corrected chi connectivity index (χ0v) is 24.8. The van der Waals surface area contributed by atoms with E-state index in [9.17, 15) is 14.4 Å². The Bertz CT molecular complexity index is 1490. The van der Waals surface area contributed by atoms with E-state index in [1.54, 1.807) is 24.6 Å². The molecule has 1 unspecified atom stereocenters. The van der Waals surface area contributed by atoms with Crippen LogP contribution in [0.3, 0.4) is 0 Å². The highest BCUT2D eigenvalue weighted by Crippen LogP contribution is 2.20. The van der Waals surface area contributed by atoms with Crippen molar-refractivity contribution in [2.45, 2.75) is 45.5 Å². The van der Waals surface area contributed by atoms with E-state index in [4.69, 9.17) is 15.2 Å². The Morgan fingerprint density at radius 1 is 0.911 bits per heavy atom. The first-order valence-corrected chi connectivity index (χ1v) is 14.3. The molecule has 0 aliphatic carbocycles. The van der Waals surface area contributed by atoms with E-state index in [0.29, 0.717) is 12.4 Å². The molecule has 0 saturated carbocycles. The average molecular weight is 615 g/mol. The topological polar surface area (TPSA) is 150 Å². The number of benzene rings is 3. The summed E-state index contributed by atoms with van der Waals surface area (Å²) in [6.45, 7) is 3.84. The zero-order chi connectivity index (χ0) is 31.4. The van der Waals surface area contributed by atoms with E-state index in [1.165, 1.54) is 6.33 Å². The van der Waals surface area contributed by atoms with Crippen LogP contribution in [0.25, 0.3) is 0 Å². The average Bonchev–Trinajstić information content (AvgIpc) is 3.47. The Kier molecular flexibility index (Phi) is 12.8. The van der Waals surface area contributed by atoms with E-state index >= 15 is 0 Å². The van der Waals surface area contributed by atoms with Gasteiger partial charge in [0, 0.05) is 6.20 Å². The number of nitrogens with two attached hydrogens (primary N) is 1. The smallest absolute Gasteiger partial charge is 0.250 e. The summed E-state index contributed by atoms with van der Waals surface area (Å²) in [4.78, 5) is 43.6. The maximum Gasteiger partial charge on any atom is 0.250 e. The number of nitrogens with zero attached hydrogens (tertiary/aromatic N) is 2. The van der Waals surface area contributed by atoms with Crippen molar-refractivity contribution >= 4 is 23.5 Å². The lowest BCUT2D eigenvalue weighted by atomic mass is 10.1. The van der Waals surface area contributed by atoms with Crippen LogP contribution in [-0.2, 0) is 25.7 Å². The van der Waals surface area contributed by atoms with E-state index in [0.717, 1.165) is 11.1 Å². The molecule has 0 aliphatic rings. The molecule has 0 aliphatic heterocycles. The third-order valence-electron chi connectivity index (χ3n) is 6.53. The van der Waals surface area contributed by atoms with Crippen molar-refractivity contribution < 1.29 is 23.9 Å². The van der Waals surface area contributed by atoms with E-state index in [1.807, 2.05) is 91.0 Å². The second-order valence-electron chi connectivity index (χ2n) is 10.7. The van der Waals surface area contributed by atoms with Crippen LogP contribution in [0.4, 0.5) is 5.82 Å². The molecule has 0 fully saturated rings. The SMILES string of the molecule is C.CC(C)(N)C(=O)N[C@H](COCc1ccccc1)C(=O)Nc1cn(C(C(=O)NCCOc2ccccc2)c2ccccc2)cn1. The van der Waals surface area contributed by atoms with Crippen LogP contribution in [0, 0.1) is 0 Å². The van der Waals surface area contributed by atoms with Gasteiger partial charge in [0.25, 0.3) is 5.91 Å². The summed E-state index contributed by atoms with van der Waals surface area (Å²) < 4.78 is 13.1. The number of rotatable bonds is 15. The molecule has 0 radical (unpaired) electrons. The number of imidazole rings is 1. The summed E-state index contributed by atoms with van der Waals surface area (Å²) in [6, 6.07) is 26.3. The van der Waals surface area contributed by atoms with Crippen molar-refractivity contribution in [3.05, 3.63) is 115 Å². The molecule has 4 rings (SSSR count). The van der Waals surface area contributed by atoms with Gasteiger partial charge >= 0.3 is 0 Å². The Morgan fingerprint density at radius 3 is 2.18 bits per heavy atom. The molecule has 238 valence electrons. The predicted molar refractivity (Wildman–Crippen MR) is 173 cm³/mol. The normalized spacial score (nSPS) is 12.2. The fourth-order valence-corrected chi connectivity index (χ4v) is 4.20. The van der Waals surface area contributed by atoms with Crippen LogP contribution in [0.2, 0.25) is 0 Å². The standard InChI is InChI=1S/C33H38N6O5.CH4/c1-33(2,34)32(42)37-27(22-43-21-24-12-6-3-7-13-24)30(40)38-28-20-39(23-36-28)29(25-14-8-4-9-15-25)31(41)35-18-19-44-26-16-10-5-11-17-26;/h3-17,20,23,27,29H,18-19,21-22,34H2,1-2H3,(H,35,41)(H,37,42)(H,38,40);1H4/t27-,29?;/m1./s1. The first-order valence-electron chi connectivity index (χ1n) is 14.3. The molecule has 11 heteroatoms. The van der Waals surface area contributed by atoms with Crippen LogP contribution in [0.1, 0.15) is 38.4 Å². The second-order valence-corrected chi connectivity index (χ2v) is 10.7. The van der Waals surface area contributed by atoms with Gasteiger partial charge in [-0.2, -0.15) is 0 Å². The lowest BCUT2D eigenvalue weighted by Crippen LogP contribution is -2.56. The van der Waals surface area contributed by atoms with Gasteiger partial charge in [-0.1, -0.05) is 86.3 Å². The lowest BCUT2D eigenvalue weighted by Gasteiger charge is -2.23. The maximum atomic E-state index is 13.4. The molecular formula is C34H42N6O5. The minimum atomic E-state index is -1.21. The Morgan fingerprint density at radius 2 is 1.53 bits per heavy atom. The molecule has 0 bridgehead atoms. The Labute approximate surface area is 264 Å². The molecular weight excluding hydrogens is 572 g/mol. The van der Waals surface area contributed by atoms with Gasteiger partial charge < -0.3 is 35.7 Å². The number of amides is 3. The van der Waals surface area contributed by atoms with Crippen molar-refractivity contribution in [1.82, 2.24) is 20.2 Å². The van der Waals surface area contributed by atoms with Gasteiger partial charge in [0.1, 0.15) is 24.4 Å². The largest absolute Gasteiger partial charge is 0.492 e. The van der Waals surface area contributed by atoms with Gasteiger partial charge in [0.05, 0.1) is 31.6 Å². The molecule has 4 aromatic rings. The molecule has 0 spiro atoms. The van der Waals surface area contributed by atoms with Crippen molar-refractivity contribution in [1.29, 1.82) is 0 Å². The molecule has 3 amide bonds. The summed E-state index contributed by atoms with van der Waals surface area (Å²) in [5.74, 6) is -0.409. The highest BCUT2D eigenvalue weighted by atomic mass is 16.5. The summed E-state index contributed by atoms with van der Waals surface area (Å²) in [5, 5.41) is 8.31. The number of hydrogen-bond acceptors (Lipinski definition) is 7. The molecule has 45 heavy (non-hydrogen) atoms. The van der Waals surface area contributed by atoms with E-state index in [2.05, 4.69) is 20.9 Å². The van der Waals surface area contributed by atoms with Crippen molar-refractivity contribution in [3.8, 4) is 5.75 Å². The van der Waals surface area contributed by atoms with Crippen LogP contribution < -0.4 is 26.4 Å².